The Bertz CT molecular complexity index is 806. The number of hydrogen-bond donors (Lipinski definition) is 2. The van der Waals surface area contributed by atoms with E-state index in [0.717, 1.165) is 5.56 Å². The summed E-state index contributed by atoms with van der Waals surface area (Å²) in [6.07, 6.45) is -3.62. The van der Waals surface area contributed by atoms with E-state index in [1.54, 1.807) is 0 Å². The maximum atomic E-state index is 12.1. The molecule has 0 aliphatic heterocycles. The van der Waals surface area contributed by atoms with E-state index >= 15 is 0 Å². The number of alkyl halides is 3. The molecule has 1 aromatic heterocycles. The molecule has 1 unspecified atom stereocenters. The molecular formula is C14H11F3N2O3. The van der Waals surface area contributed by atoms with Crippen LogP contribution in [0.3, 0.4) is 0 Å². The van der Waals surface area contributed by atoms with Crippen molar-refractivity contribution in [2.75, 3.05) is 0 Å². The van der Waals surface area contributed by atoms with E-state index in [9.17, 15) is 22.8 Å². The first-order valence-corrected chi connectivity index (χ1v) is 6.54. The largest absolute Gasteiger partial charge is 0.573 e. The Morgan fingerprint density at radius 3 is 2.41 bits per heavy atom. The van der Waals surface area contributed by atoms with Crippen molar-refractivity contribution >= 4 is 0 Å². The number of benzene rings is 1. The van der Waals surface area contributed by atoms with Crippen LogP contribution in [0.4, 0.5) is 13.2 Å². The summed E-state index contributed by atoms with van der Waals surface area (Å²) < 4.78 is 40.2. The van der Waals surface area contributed by atoms with Gasteiger partial charge in [0.25, 0.3) is 5.56 Å². The fraction of sp³-hybridized carbons (Fsp3) is 0.286. The van der Waals surface area contributed by atoms with Crippen molar-refractivity contribution in [3.05, 3.63) is 61.9 Å². The molecule has 22 heavy (non-hydrogen) atoms. The Morgan fingerprint density at radius 2 is 1.77 bits per heavy atom. The molecule has 2 N–H and O–H groups in total. The van der Waals surface area contributed by atoms with Crippen LogP contribution in [0.2, 0.25) is 0 Å². The highest BCUT2D eigenvalue weighted by Crippen LogP contribution is 2.35. The standard InChI is InChI=1S/C14H11F3N2O3/c15-14(16,17)22-8-3-1-7(2-4-8)9-5-6-10-11(9)18-13(21)19-12(10)20/h1-4,9H,5-6H2,(H2,18,19,20,21). The second kappa shape index (κ2) is 5.04. The van der Waals surface area contributed by atoms with Crippen LogP contribution in [0, 0.1) is 0 Å². The van der Waals surface area contributed by atoms with E-state index in [2.05, 4.69) is 14.7 Å². The molecule has 0 amide bonds. The summed E-state index contributed by atoms with van der Waals surface area (Å²) in [6.45, 7) is 0. The number of fused-ring (bicyclic) bond motifs is 1. The average molecular weight is 312 g/mol. The summed E-state index contributed by atoms with van der Waals surface area (Å²) in [7, 11) is 0. The molecule has 0 saturated carbocycles. The second-order valence-electron chi connectivity index (χ2n) is 5.01. The molecule has 8 heteroatoms. The van der Waals surface area contributed by atoms with Crippen LogP contribution in [0.25, 0.3) is 0 Å². The van der Waals surface area contributed by atoms with Crippen molar-refractivity contribution in [2.24, 2.45) is 0 Å². The van der Waals surface area contributed by atoms with Gasteiger partial charge in [-0.25, -0.2) is 4.79 Å². The maximum Gasteiger partial charge on any atom is 0.573 e. The number of aromatic nitrogens is 2. The van der Waals surface area contributed by atoms with Gasteiger partial charge in [0.05, 0.1) is 0 Å². The molecule has 1 aliphatic rings. The minimum atomic E-state index is -4.74. The van der Waals surface area contributed by atoms with Gasteiger partial charge in [-0.1, -0.05) is 12.1 Å². The van der Waals surface area contributed by atoms with Crippen molar-refractivity contribution < 1.29 is 17.9 Å². The van der Waals surface area contributed by atoms with E-state index in [0.29, 0.717) is 24.1 Å². The van der Waals surface area contributed by atoms with Crippen LogP contribution in [-0.2, 0) is 6.42 Å². The van der Waals surface area contributed by atoms with Gasteiger partial charge in [0, 0.05) is 17.2 Å². The normalized spacial score (nSPS) is 17.3. The molecule has 0 radical (unpaired) electrons. The van der Waals surface area contributed by atoms with Crippen molar-refractivity contribution in [3.63, 3.8) is 0 Å². The zero-order chi connectivity index (χ0) is 15.9. The lowest BCUT2D eigenvalue weighted by atomic mass is 9.97. The van der Waals surface area contributed by atoms with Gasteiger partial charge in [0.1, 0.15) is 5.75 Å². The molecule has 1 atom stereocenters. The summed E-state index contributed by atoms with van der Waals surface area (Å²) in [5, 5.41) is 0. The summed E-state index contributed by atoms with van der Waals surface area (Å²) in [6, 6.07) is 5.43. The van der Waals surface area contributed by atoms with Gasteiger partial charge < -0.3 is 9.72 Å². The highest BCUT2D eigenvalue weighted by Gasteiger charge is 2.31. The lowest BCUT2D eigenvalue weighted by molar-refractivity contribution is -0.274. The van der Waals surface area contributed by atoms with Crippen LogP contribution in [0.1, 0.15) is 29.2 Å². The predicted molar refractivity (Wildman–Crippen MR) is 71.0 cm³/mol. The van der Waals surface area contributed by atoms with Gasteiger partial charge in [0.15, 0.2) is 0 Å². The van der Waals surface area contributed by atoms with E-state index in [4.69, 9.17) is 0 Å². The van der Waals surface area contributed by atoms with Crippen molar-refractivity contribution in [1.82, 2.24) is 9.97 Å². The highest BCUT2D eigenvalue weighted by atomic mass is 19.4. The van der Waals surface area contributed by atoms with E-state index in [1.807, 2.05) is 0 Å². The molecule has 116 valence electrons. The molecule has 3 rings (SSSR count). The molecule has 0 spiro atoms. The van der Waals surface area contributed by atoms with E-state index in [1.165, 1.54) is 24.3 Å². The first kappa shape index (κ1) is 14.4. The molecule has 0 fully saturated rings. The number of aromatic amines is 2. The van der Waals surface area contributed by atoms with Crippen molar-refractivity contribution in [1.29, 1.82) is 0 Å². The SMILES string of the molecule is O=c1[nH]c2c(c(=O)[nH]1)CCC2c1ccc(OC(F)(F)F)cc1. The smallest absolute Gasteiger partial charge is 0.406 e. The Balaban J connectivity index is 1.92. The molecular weight excluding hydrogens is 301 g/mol. The summed E-state index contributed by atoms with van der Waals surface area (Å²) in [4.78, 5) is 27.9. The third-order valence-electron chi connectivity index (χ3n) is 3.62. The van der Waals surface area contributed by atoms with Gasteiger partial charge in [-0.3, -0.25) is 9.78 Å². The summed E-state index contributed by atoms with van der Waals surface area (Å²) in [5.74, 6) is -0.529. The molecule has 1 heterocycles. The predicted octanol–water partition coefficient (Wildman–Crippen LogP) is 2.04. The topological polar surface area (TPSA) is 75.0 Å². The molecule has 0 saturated heterocycles. The number of H-pyrrole nitrogens is 2. The van der Waals surface area contributed by atoms with Gasteiger partial charge in [-0.05, 0) is 30.5 Å². The fourth-order valence-electron chi connectivity index (χ4n) is 2.74. The Labute approximate surface area is 121 Å². The van der Waals surface area contributed by atoms with Crippen molar-refractivity contribution in [2.45, 2.75) is 25.1 Å². The Kier molecular flexibility index (Phi) is 3.31. The second-order valence-corrected chi connectivity index (χ2v) is 5.01. The average Bonchev–Trinajstić information content (AvgIpc) is 2.82. The third-order valence-corrected chi connectivity index (χ3v) is 3.62. The van der Waals surface area contributed by atoms with Gasteiger partial charge in [-0.2, -0.15) is 0 Å². The van der Waals surface area contributed by atoms with Crippen LogP contribution < -0.4 is 16.0 Å². The first-order valence-electron chi connectivity index (χ1n) is 6.54. The highest BCUT2D eigenvalue weighted by molar-refractivity contribution is 5.39. The number of hydrogen-bond acceptors (Lipinski definition) is 3. The van der Waals surface area contributed by atoms with Gasteiger partial charge >= 0.3 is 12.1 Å². The zero-order valence-corrected chi connectivity index (χ0v) is 11.2. The minimum absolute atomic E-state index is 0.218. The van der Waals surface area contributed by atoms with Crippen LogP contribution in [0.15, 0.2) is 33.9 Å². The third kappa shape index (κ3) is 2.76. The number of ether oxygens (including phenoxy) is 1. The van der Waals surface area contributed by atoms with Gasteiger partial charge in [-0.15, -0.1) is 13.2 Å². The van der Waals surface area contributed by atoms with Crippen LogP contribution >= 0.6 is 0 Å². The quantitative estimate of drug-likeness (QED) is 0.891. The van der Waals surface area contributed by atoms with E-state index in [-0.39, 0.29) is 11.7 Å². The number of halogens is 3. The Morgan fingerprint density at radius 1 is 1.09 bits per heavy atom. The van der Waals surface area contributed by atoms with Crippen LogP contribution in [-0.4, -0.2) is 16.3 Å². The minimum Gasteiger partial charge on any atom is -0.406 e. The number of nitrogens with one attached hydrogen (secondary N) is 2. The summed E-state index contributed by atoms with van der Waals surface area (Å²) in [5.41, 5.74) is 0.749. The summed E-state index contributed by atoms with van der Waals surface area (Å²) >= 11 is 0. The lowest BCUT2D eigenvalue weighted by Gasteiger charge is -2.13. The van der Waals surface area contributed by atoms with Gasteiger partial charge in [0.2, 0.25) is 0 Å². The zero-order valence-electron chi connectivity index (χ0n) is 11.2. The molecule has 2 aromatic rings. The lowest BCUT2D eigenvalue weighted by Crippen LogP contribution is -2.26. The molecule has 1 aliphatic carbocycles. The van der Waals surface area contributed by atoms with E-state index < -0.39 is 17.6 Å². The fourth-order valence-corrected chi connectivity index (χ4v) is 2.74. The van der Waals surface area contributed by atoms with Crippen LogP contribution in [0.5, 0.6) is 5.75 Å². The monoisotopic (exact) mass is 312 g/mol. The van der Waals surface area contributed by atoms with Crippen molar-refractivity contribution in [3.8, 4) is 5.75 Å². The molecule has 0 bridgehead atoms. The Hall–Kier alpha value is -2.51. The molecule has 1 aromatic carbocycles. The first-order chi connectivity index (χ1) is 10.3. The maximum absolute atomic E-state index is 12.1. The number of rotatable bonds is 2. The molecule has 5 nitrogen and oxygen atoms in total.